The number of phenolic OH excluding ortho intramolecular Hbond substituents is 1. The summed E-state index contributed by atoms with van der Waals surface area (Å²) in [5.74, 6) is -0.760. The van der Waals surface area contributed by atoms with Crippen LogP contribution >= 0.6 is 11.6 Å². The van der Waals surface area contributed by atoms with Gasteiger partial charge in [-0.1, -0.05) is 24.2 Å². The maximum atomic E-state index is 14.9. The van der Waals surface area contributed by atoms with Gasteiger partial charge >= 0.3 is 5.69 Å². The summed E-state index contributed by atoms with van der Waals surface area (Å²) in [5.41, 5.74) is -0.356. The normalized spacial score (nSPS) is 21.2. The third-order valence-electron chi connectivity index (χ3n) is 7.05. The van der Waals surface area contributed by atoms with Crippen molar-refractivity contribution in [1.29, 1.82) is 0 Å². The molecular weight excluding hydrogens is 503 g/mol. The summed E-state index contributed by atoms with van der Waals surface area (Å²) in [5, 5.41) is 21.0. The predicted octanol–water partition coefficient (Wildman–Crippen LogP) is 3.10. The molecule has 3 atom stereocenters. The van der Waals surface area contributed by atoms with E-state index in [0.717, 1.165) is 0 Å². The van der Waals surface area contributed by atoms with E-state index >= 15 is 0 Å². The molecule has 1 fully saturated rings. The number of carbonyl (C=O) groups is 1. The average molecular weight is 529 g/mol. The average Bonchev–Trinajstić information content (AvgIpc) is 2.87. The zero-order chi connectivity index (χ0) is 26.6. The van der Waals surface area contributed by atoms with E-state index in [2.05, 4.69) is 11.6 Å². The van der Waals surface area contributed by atoms with E-state index < -0.39 is 17.5 Å². The van der Waals surface area contributed by atoms with Crippen LogP contribution in [-0.4, -0.2) is 69.0 Å². The summed E-state index contributed by atoms with van der Waals surface area (Å²) in [6.07, 6.45) is 1.28. The van der Waals surface area contributed by atoms with E-state index in [4.69, 9.17) is 16.3 Å². The Balaban J connectivity index is 1.78. The first-order chi connectivity index (χ1) is 17.7. The lowest BCUT2D eigenvalue weighted by molar-refractivity contribution is -0.128. The van der Waals surface area contributed by atoms with Crippen molar-refractivity contribution in [3.8, 4) is 22.6 Å². The Morgan fingerprint density at radius 2 is 2.05 bits per heavy atom. The Hall–Kier alpha value is -3.63. The van der Waals surface area contributed by atoms with Crippen LogP contribution in [0.4, 0.5) is 10.2 Å². The van der Waals surface area contributed by atoms with Crippen LogP contribution in [0.15, 0.2) is 41.7 Å². The maximum Gasteiger partial charge on any atom is 0.350 e. The molecule has 3 heterocycles. The molecule has 2 aliphatic heterocycles. The Labute approximate surface area is 217 Å². The number of halogens is 2. The van der Waals surface area contributed by atoms with Crippen LogP contribution in [-0.2, 0) is 4.79 Å². The van der Waals surface area contributed by atoms with Crippen LogP contribution in [0.5, 0.6) is 11.5 Å². The summed E-state index contributed by atoms with van der Waals surface area (Å²) < 4.78 is 22.3. The molecule has 11 heteroatoms. The van der Waals surface area contributed by atoms with Gasteiger partial charge in [0.2, 0.25) is 5.91 Å². The lowest BCUT2D eigenvalue weighted by Gasteiger charge is -2.44. The van der Waals surface area contributed by atoms with Gasteiger partial charge in [0.05, 0.1) is 34.3 Å². The molecule has 1 aromatic heterocycles. The minimum absolute atomic E-state index is 0.0716. The van der Waals surface area contributed by atoms with Crippen LogP contribution in [0.1, 0.15) is 19.9 Å². The van der Waals surface area contributed by atoms with Crippen molar-refractivity contribution in [3.05, 3.63) is 58.2 Å². The second-order valence-electron chi connectivity index (χ2n) is 9.37. The predicted molar refractivity (Wildman–Crippen MR) is 138 cm³/mol. The highest BCUT2D eigenvalue weighted by Crippen LogP contribution is 2.49. The first kappa shape index (κ1) is 25.0. The summed E-state index contributed by atoms with van der Waals surface area (Å²) in [6, 6.07) is 4.35. The Morgan fingerprint density at radius 3 is 2.73 bits per heavy atom. The number of piperazine rings is 1. The summed E-state index contributed by atoms with van der Waals surface area (Å²) >= 11 is 6.71. The molecular formula is C26H26ClFN4O5. The number of aliphatic hydroxyl groups excluding tert-OH is 1. The van der Waals surface area contributed by atoms with Crippen LogP contribution in [0.2, 0.25) is 5.02 Å². The van der Waals surface area contributed by atoms with Gasteiger partial charge in [0, 0.05) is 30.6 Å². The summed E-state index contributed by atoms with van der Waals surface area (Å²) in [4.78, 5) is 33.7. The Bertz CT molecular complexity index is 1470. The summed E-state index contributed by atoms with van der Waals surface area (Å²) in [7, 11) is 0. The first-order valence-electron chi connectivity index (χ1n) is 11.9. The van der Waals surface area contributed by atoms with Crippen molar-refractivity contribution in [2.45, 2.75) is 32.0 Å². The second-order valence-corrected chi connectivity index (χ2v) is 9.78. The molecule has 1 amide bonds. The van der Waals surface area contributed by atoms with Gasteiger partial charge in [0.25, 0.3) is 0 Å². The van der Waals surface area contributed by atoms with Crippen molar-refractivity contribution in [2.75, 3.05) is 31.2 Å². The molecule has 5 rings (SSSR count). The van der Waals surface area contributed by atoms with Crippen LogP contribution in [0, 0.1) is 5.82 Å². The van der Waals surface area contributed by atoms with Gasteiger partial charge in [0.15, 0.2) is 5.75 Å². The molecule has 0 saturated carbocycles. The second kappa shape index (κ2) is 9.35. The minimum Gasteiger partial charge on any atom is -0.507 e. The van der Waals surface area contributed by atoms with E-state index in [0.29, 0.717) is 29.8 Å². The molecule has 37 heavy (non-hydrogen) atoms. The van der Waals surface area contributed by atoms with Crippen LogP contribution in [0.25, 0.3) is 22.0 Å². The van der Waals surface area contributed by atoms with Crippen molar-refractivity contribution in [3.63, 3.8) is 0 Å². The molecule has 2 aromatic carbocycles. The fourth-order valence-electron chi connectivity index (χ4n) is 5.25. The molecule has 9 nitrogen and oxygen atoms in total. The number of benzene rings is 2. The number of hydrogen-bond acceptors (Lipinski definition) is 7. The van der Waals surface area contributed by atoms with Gasteiger partial charge in [-0.3, -0.25) is 9.36 Å². The van der Waals surface area contributed by atoms with E-state index in [1.54, 1.807) is 11.0 Å². The van der Waals surface area contributed by atoms with Gasteiger partial charge in [-0.25, -0.2) is 9.18 Å². The molecule has 194 valence electrons. The highest BCUT2D eigenvalue weighted by molar-refractivity contribution is 6.35. The van der Waals surface area contributed by atoms with Crippen LogP contribution < -0.4 is 15.3 Å². The van der Waals surface area contributed by atoms with Crippen molar-refractivity contribution < 1.29 is 24.1 Å². The molecule has 2 N–H and O–H groups in total. The van der Waals surface area contributed by atoms with Crippen molar-refractivity contribution in [1.82, 2.24) is 14.5 Å². The highest BCUT2D eigenvalue weighted by atomic mass is 35.5. The number of aliphatic hydroxyl groups is 1. The lowest BCUT2D eigenvalue weighted by Crippen LogP contribution is -2.58. The van der Waals surface area contributed by atoms with Gasteiger partial charge in [0.1, 0.15) is 24.0 Å². The molecule has 0 unspecified atom stereocenters. The topological polar surface area (TPSA) is 108 Å². The lowest BCUT2D eigenvalue weighted by atomic mass is 9.98. The number of amides is 1. The van der Waals surface area contributed by atoms with E-state index in [9.17, 15) is 24.2 Å². The largest absolute Gasteiger partial charge is 0.507 e. The standard InChI is InChI=1S/C26H26ClFN4O5/c1-4-20(35)30-9-14(3)31(10-13(30)2)25-16-8-17(27)21(22-18(28)6-5-7-19(22)34)24-23(16)32(26(36)29-25)15(11-33)12-37-24/h4-8,13-15,33-34H,1,9-12H2,2-3H3/t13-,14+,15+/m1/s1. The smallest absolute Gasteiger partial charge is 0.350 e. The molecule has 0 radical (unpaired) electrons. The van der Waals surface area contributed by atoms with Gasteiger partial charge in [-0.15, -0.1) is 0 Å². The van der Waals surface area contributed by atoms with Gasteiger partial charge < -0.3 is 24.7 Å². The SMILES string of the molecule is C=CC(=O)N1C[C@H](C)N(c2nc(=O)n3c4c(c(-c5c(O)cccc5F)c(Cl)cc24)OC[C@@H]3CO)C[C@H]1C. The number of aromatic hydroxyl groups is 1. The van der Waals surface area contributed by atoms with Crippen LogP contribution in [0.3, 0.4) is 0 Å². The zero-order valence-corrected chi connectivity index (χ0v) is 21.1. The molecule has 2 aliphatic rings. The zero-order valence-electron chi connectivity index (χ0n) is 20.3. The molecule has 3 aromatic rings. The number of anilines is 1. The number of nitrogens with zero attached hydrogens (tertiary/aromatic N) is 4. The van der Waals surface area contributed by atoms with Gasteiger partial charge in [-0.05, 0) is 38.1 Å². The third kappa shape index (κ3) is 3.91. The minimum atomic E-state index is -0.717. The van der Waals surface area contributed by atoms with Crippen molar-refractivity contribution >= 4 is 34.2 Å². The quantitative estimate of drug-likeness (QED) is 0.501. The highest BCUT2D eigenvalue weighted by Gasteiger charge is 2.36. The van der Waals surface area contributed by atoms with E-state index in [1.165, 1.54) is 28.8 Å². The van der Waals surface area contributed by atoms with Crippen molar-refractivity contribution in [2.24, 2.45) is 0 Å². The third-order valence-corrected chi connectivity index (χ3v) is 7.35. The fourth-order valence-corrected chi connectivity index (χ4v) is 5.54. The molecule has 1 saturated heterocycles. The molecule has 0 bridgehead atoms. The van der Waals surface area contributed by atoms with E-state index in [1.807, 2.05) is 18.7 Å². The number of aromatic nitrogens is 2. The maximum absolute atomic E-state index is 14.9. The number of carbonyl (C=O) groups excluding carboxylic acids is 1. The Kier molecular flexibility index (Phi) is 6.33. The number of ether oxygens (including phenoxy) is 1. The molecule has 0 aliphatic carbocycles. The number of hydrogen-bond donors (Lipinski definition) is 2. The molecule has 0 spiro atoms. The monoisotopic (exact) mass is 528 g/mol. The fraction of sp³-hybridized carbons (Fsp3) is 0.346. The van der Waals surface area contributed by atoms with Gasteiger partial charge in [-0.2, -0.15) is 4.98 Å². The first-order valence-corrected chi connectivity index (χ1v) is 12.3. The van der Waals surface area contributed by atoms with E-state index in [-0.39, 0.29) is 58.9 Å². The summed E-state index contributed by atoms with van der Waals surface area (Å²) in [6.45, 7) is 7.71. The Morgan fingerprint density at radius 1 is 1.30 bits per heavy atom. The number of phenols is 1. The number of rotatable bonds is 4.